The second-order valence-corrected chi connectivity index (χ2v) is 8.54. The summed E-state index contributed by atoms with van der Waals surface area (Å²) in [7, 11) is 0. The molecular weight excluding hydrogens is 354 g/mol. The van der Waals surface area contributed by atoms with Crippen molar-refractivity contribution in [2.45, 2.75) is 31.7 Å². The molecule has 2 saturated carbocycles. The summed E-state index contributed by atoms with van der Waals surface area (Å²) >= 11 is 0. The van der Waals surface area contributed by atoms with Crippen molar-refractivity contribution in [1.82, 2.24) is 19.9 Å². The molecule has 142 valence electrons. The summed E-state index contributed by atoms with van der Waals surface area (Å²) in [5, 5.41) is 0. The van der Waals surface area contributed by atoms with Crippen molar-refractivity contribution in [3.63, 3.8) is 0 Å². The predicted molar refractivity (Wildman–Crippen MR) is 103 cm³/mol. The van der Waals surface area contributed by atoms with Gasteiger partial charge in [-0.2, -0.15) is 4.58 Å². The van der Waals surface area contributed by atoms with E-state index in [-0.39, 0.29) is 11.9 Å². The highest BCUT2D eigenvalue weighted by Gasteiger charge is 2.60. The Hall–Kier alpha value is -2.90. The molecule has 8 heteroatoms. The van der Waals surface area contributed by atoms with Crippen LogP contribution in [0.4, 0.5) is 11.9 Å². The standard InChI is InChI=1S/C20H22N7O/c1-10(28)26-8-14-15(9-26)18(14)17-4-16(12-5-22-19(21)23-6-12)24-20(25-17)27-7-11-2-13(27)3-11/h4-6,8,11,13-15,18H,2-3,7,9H2,1H3,(H2,21,22,23)/q+1. The molecule has 2 aromatic heterocycles. The molecule has 8 nitrogen and oxygen atoms in total. The summed E-state index contributed by atoms with van der Waals surface area (Å²) in [6.45, 7) is 3.46. The first-order valence-corrected chi connectivity index (χ1v) is 9.92. The van der Waals surface area contributed by atoms with Crippen molar-refractivity contribution in [2.24, 2.45) is 17.8 Å². The molecule has 5 aliphatic rings. The molecule has 1 amide bonds. The number of fused-ring (bicyclic) bond motifs is 2. The van der Waals surface area contributed by atoms with Gasteiger partial charge in [0.25, 0.3) is 0 Å². The SMILES string of the molecule is CC(=O)[N+]1=CC2C(C1)C2c1cc(-c2cnc(N)nc2)nc(N2CC3CC2C3)n1. The average Bonchev–Trinajstić information content (AvgIpc) is 3.08. The Bertz CT molecular complexity index is 1010. The van der Waals surface area contributed by atoms with Crippen LogP contribution in [0, 0.1) is 17.8 Å². The Balaban J connectivity index is 1.38. The van der Waals surface area contributed by atoms with Crippen LogP contribution in [0.15, 0.2) is 18.5 Å². The maximum absolute atomic E-state index is 11.6. The Morgan fingerprint density at radius 3 is 2.64 bits per heavy atom. The number of anilines is 2. The quantitative estimate of drug-likeness (QED) is 0.800. The minimum atomic E-state index is 0.117. The number of nitrogens with zero attached hydrogens (tertiary/aromatic N) is 6. The van der Waals surface area contributed by atoms with Crippen LogP contribution in [0.5, 0.6) is 0 Å². The van der Waals surface area contributed by atoms with Gasteiger partial charge >= 0.3 is 5.91 Å². The number of nitrogens with two attached hydrogens (primary N) is 1. The zero-order chi connectivity index (χ0) is 19.0. The molecule has 2 bridgehead atoms. The van der Waals surface area contributed by atoms with Crippen LogP contribution in [0.25, 0.3) is 11.3 Å². The van der Waals surface area contributed by atoms with Gasteiger partial charge in [-0.1, -0.05) is 0 Å². The van der Waals surface area contributed by atoms with Crippen molar-refractivity contribution in [3.8, 4) is 11.3 Å². The van der Waals surface area contributed by atoms with Crippen LogP contribution in [-0.4, -0.2) is 55.8 Å². The zero-order valence-electron chi connectivity index (χ0n) is 15.7. The van der Waals surface area contributed by atoms with E-state index in [2.05, 4.69) is 27.1 Å². The highest BCUT2D eigenvalue weighted by atomic mass is 16.2. The molecule has 2 N–H and O–H groups in total. The normalized spacial score (nSPS) is 32.0. The third kappa shape index (κ3) is 2.36. The summed E-state index contributed by atoms with van der Waals surface area (Å²) in [6, 6.07) is 2.64. The minimum Gasteiger partial charge on any atom is -0.368 e. The fourth-order valence-electron chi connectivity index (χ4n) is 5.13. The first-order valence-electron chi connectivity index (χ1n) is 9.92. The maximum atomic E-state index is 11.6. The molecule has 3 aliphatic heterocycles. The topological polar surface area (TPSA) is 101 Å². The minimum absolute atomic E-state index is 0.117. The van der Waals surface area contributed by atoms with Crippen LogP contribution in [-0.2, 0) is 4.79 Å². The van der Waals surface area contributed by atoms with Crippen LogP contribution < -0.4 is 10.6 Å². The second kappa shape index (κ2) is 5.56. The molecular formula is C20H22N7O+. The molecule has 5 heterocycles. The van der Waals surface area contributed by atoms with E-state index in [4.69, 9.17) is 15.7 Å². The molecule has 0 spiro atoms. The van der Waals surface area contributed by atoms with Crippen molar-refractivity contribution >= 4 is 24.0 Å². The van der Waals surface area contributed by atoms with Gasteiger partial charge in [0.1, 0.15) is 0 Å². The van der Waals surface area contributed by atoms with E-state index >= 15 is 0 Å². The van der Waals surface area contributed by atoms with E-state index in [0.29, 0.717) is 23.8 Å². The molecule has 7 rings (SSSR count). The Labute approximate surface area is 162 Å². The van der Waals surface area contributed by atoms with E-state index < -0.39 is 0 Å². The third-order valence-electron chi connectivity index (χ3n) is 6.80. The van der Waals surface area contributed by atoms with Crippen LogP contribution >= 0.6 is 0 Å². The van der Waals surface area contributed by atoms with Gasteiger partial charge in [0.15, 0.2) is 12.8 Å². The Morgan fingerprint density at radius 2 is 2.04 bits per heavy atom. The molecule has 0 radical (unpaired) electrons. The lowest BCUT2D eigenvalue weighted by Gasteiger charge is -2.26. The van der Waals surface area contributed by atoms with Gasteiger partial charge in [-0.05, 0) is 24.8 Å². The maximum Gasteiger partial charge on any atom is 0.383 e. The number of carbonyl (C=O) groups is 1. The van der Waals surface area contributed by atoms with Crippen LogP contribution in [0.2, 0.25) is 0 Å². The average molecular weight is 376 g/mol. The summed E-state index contributed by atoms with van der Waals surface area (Å²) in [4.78, 5) is 32.1. The third-order valence-corrected chi connectivity index (χ3v) is 6.80. The largest absolute Gasteiger partial charge is 0.383 e. The van der Waals surface area contributed by atoms with E-state index in [1.165, 1.54) is 12.8 Å². The molecule has 2 aromatic rings. The van der Waals surface area contributed by atoms with E-state index in [9.17, 15) is 4.79 Å². The van der Waals surface area contributed by atoms with Crippen molar-refractivity contribution in [3.05, 3.63) is 24.2 Å². The van der Waals surface area contributed by atoms with Gasteiger partial charge in [0, 0.05) is 42.4 Å². The first-order chi connectivity index (χ1) is 13.6. The van der Waals surface area contributed by atoms with E-state index in [1.54, 1.807) is 19.3 Å². The fraction of sp³-hybridized carbons (Fsp3) is 0.500. The lowest BCUT2D eigenvalue weighted by molar-refractivity contribution is -0.440. The van der Waals surface area contributed by atoms with Gasteiger partial charge in [-0.15, -0.1) is 0 Å². The molecule has 28 heavy (non-hydrogen) atoms. The van der Waals surface area contributed by atoms with Crippen molar-refractivity contribution in [1.29, 1.82) is 0 Å². The summed E-state index contributed by atoms with van der Waals surface area (Å²) < 4.78 is 1.83. The van der Waals surface area contributed by atoms with Crippen molar-refractivity contribution in [2.75, 3.05) is 23.7 Å². The lowest BCUT2D eigenvalue weighted by Crippen LogP contribution is -2.30. The molecule has 3 unspecified atom stereocenters. The van der Waals surface area contributed by atoms with Gasteiger partial charge in [-0.3, -0.25) is 0 Å². The summed E-state index contributed by atoms with van der Waals surface area (Å²) in [5.74, 6) is 3.22. The van der Waals surface area contributed by atoms with Crippen LogP contribution in [0.3, 0.4) is 0 Å². The fourth-order valence-corrected chi connectivity index (χ4v) is 5.13. The van der Waals surface area contributed by atoms with Gasteiger partial charge < -0.3 is 10.6 Å². The van der Waals surface area contributed by atoms with Gasteiger partial charge in [0.05, 0.1) is 24.2 Å². The van der Waals surface area contributed by atoms with Gasteiger partial charge in [0.2, 0.25) is 11.9 Å². The predicted octanol–water partition coefficient (Wildman–Crippen LogP) is 1.09. The van der Waals surface area contributed by atoms with E-state index in [0.717, 1.165) is 41.9 Å². The molecule has 3 atom stereocenters. The molecule has 2 saturated heterocycles. The van der Waals surface area contributed by atoms with E-state index in [1.807, 2.05) is 4.58 Å². The van der Waals surface area contributed by atoms with Gasteiger partial charge in [-0.25, -0.2) is 24.7 Å². The molecule has 0 aromatic carbocycles. The molecule has 4 fully saturated rings. The number of rotatable bonds is 3. The number of amides is 1. The summed E-state index contributed by atoms with van der Waals surface area (Å²) in [5.41, 5.74) is 8.41. The lowest BCUT2D eigenvalue weighted by atomic mass is 9.86. The monoisotopic (exact) mass is 376 g/mol. The number of hydrogen-bond donors (Lipinski definition) is 1. The number of carbonyl (C=O) groups excluding carboxylic acids is 1. The van der Waals surface area contributed by atoms with Crippen molar-refractivity contribution < 1.29 is 9.37 Å². The first kappa shape index (κ1) is 16.1. The smallest absolute Gasteiger partial charge is 0.368 e. The number of hydrogen-bond acceptors (Lipinski definition) is 7. The second-order valence-electron chi connectivity index (χ2n) is 8.54. The van der Waals surface area contributed by atoms with Crippen LogP contribution in [0.1, 0.15) is 31.4 Å². The number of nitrogen functional groups attached to an aromatic ring is 1. The highest BCUT2D eigenvalue weighted by molar-refractivity contribution is 5.76. The Morgan fingerprint density at radius 1 is 1.25 bits per heavy atom. The summed E-state index contributed by atoms with van der Waals surface area (Å²) in [6.07, 6.45) is 8.03. The molecule has 2 aliphatic carbocycles. The zero-order valence-corrected chi connectivity index (χ0v) is 15.7. The number of aromatic nitrogens is 4. The Kier molecular flexibility index (Phi) is 3.19. The highest BCUT2D eigenvalue weighted by Crippen LogP contribution is 2.55.